The van der Waals surface area contributed by atoms with E-state index in [9.17, 15) is 0 Å². The van der Waals surface area contributed by atoms with Gasteiger partial charge in [-0.25, -0.2) is 9.97 Å². The molecule has 0 amide bonds. The average molecular weight is 348 g/mol. The van der Waals surface area contributed by atoms with E-state index in [2.05, 4.69) is 62.1 Å². The average Bonchev–Trinajstić information content (AvgIpc) is 3.17. The minimum absolute atomic E-state index is 0.369. The van der Waals surface area contributed by atoms with Gasteiger partial charge in [0.05, 0.1) is 6.04 Å². The van der Waals surface area contributed by atoms with Crippen molar-refractivity contribution in [1.82, 2.24) is 15.0 Å². The van der Waals surface area contributed by atoms with Crippen molar-refractivity contribution in [3.63, 3.8) is 0 Å². The minimum Gasteiger partial charge on any atom is -0.363 e. The molecule has 1 unspecified atom stereocenters. The Hall–Kier alpha value is -2.89. The zero-order valence-corrected chi connectivity index (χ0v) is 15.5. The Balaban J connectivity index is 1.55. The lowest BCUT2D eigenvalue weighted by molar-refractivity contribution is 0.674. The topological polar surface area (TPSA) is 48.4 Å². The molecule has 0 radical (unpaired) electrons. The van der Waals surface area contributed by atoms with Crippen molar-refractivity contribution in [2.45, 2.75) is 12.5 Å². The fourth-order valence-corrected chi connectivity index (χ4v) is 3.53. The molecule has 1 saturated heterocycles. The number of nitrogens with zero attached hydrogens (tertiary/aromatic N) is 6. The zero-order valence-electron chi connectivity index (χ0n) is 15.5. The van der Waals surface area contributed by atoms with Gasteiger partial charge in [-0.3, -0.25) is 0 Å². The third-order valence-electron chi connectivity index (χ3n) is 5.07. The SMILES string of the molecule is CN(C)c1ccnc(N(C)C2CCN(c3nccc4ccccc34)C2)n1. The molecule has 0 N–H and O–H groups in total. The molecule has 1 aromatic carbocycles. The number of benzene rings is 1. The molecule has 6 nitrogen and oxygen atoms in total. The van der Waals surface area contributed by atoms with Crippen LogP contribution in [-0.4, -0.2) is 55.2 Å². The maximum Gasteiger partial charge on any atom is 0.227 e. The summed E-state index contributed by atoms with van der Waals surface area (Å²) in [6, 6.07) is 12.8. The quantitative estimate of drug-likeness (QED) is 0.723. The van der Waals surface area contributed by atoms with Crippen molar-refractivity contribution in [2.75, 3.05) is 48.9 Å². The molecule has 3 aromatic rings. The Morgan fingerprint density at radius 3 is 2.65 bits per heavy atom. The van der Waals surface area contributed by atoms with Crippen LogP contribution in [-0.2, 0) is 0 Å². The third kappa shape index (κ3) is 3.03. The second-order valence-electron chi connectivity index (χ2n) is 6.96. The maximum atomic E-state index is 4.67. The van der Waals surface area contributed by atoms with Gasteiger partial charge in [0.1, 0.15) is 11.6 Å². The highest BCUT2D eigenvalue weighted by atomic mass is 15.3. The molecular weight excluding hydrogens is 324 g/mol. The van der Waals surface area contributed by atoms with Crippen LogP contribution in [0.3, 0.4) is 0 Å². The summed E-state index contributed by atoms with van der Waals surface area (Å²) in [6.07, 6.45) is 4.79. The Morgan fingerprint density at radius 2 is 1.81 bits per heavy atom. The first kappa shape index (κ1) is 16.6. The van der Waals surface area contributed by atoms with Gasteiger partial charge in [-0.2, -0.15) is 4.98 Å². The summed E-state index contributed by atoms with van der Waals surface area (Å²) in [5.74, 6) is 2.77. The maximum absolute atomic E-state index is 4.67. The van der Waals surface area contributed by atoms with E-state index in [1.165, 1.54) is 10.8 Å². The van der Waals surface area contributed by atoms with Gasteiger partial charge in [-0.05, 0) is 23.9 Å². The molecule has 6 heteroatoms. The van der Waals surface area contributed by atoms with Gasteiger partial charge in [0.25, 0.3) is 0 Å². The summed E-state index contributed by atoms with van der Waals surface area (Å²) in [5.41, 5.74) is 0. The first-order valence-electron chi connectivity index (χ1n) is 8.95. The van der Waals surface area contributed by atoms with Crippen molar-refractivity contribution in [1.29, 1.82) is 0 Å². The zero-order chi connectivity index (χ0) is 18.1. The number of hydrogen-bond acceptors (Lipinski definition) is 6. The van der Waals surface area contributed by atoms with Crippen LogP contribution in [0.25, 0.3) is 10.8 Å². The molecule has 1 atom stereocenters. The van der Waals surface area contributed by atoms with E-state index < -0.39 is 0 Å². The molecule has 3 heterocycles. The Labute approximate surface area is 154 Å². The standard InChI is InChI=1S/C20H24N6/c1-24(2)18-9-12-22-20(23-18)25(3)16-10-13-26(14-16)19-17-7-5-4-6-15(17)8-11-21-19/h4-9,11-12,16H,10,13-14H2,1-3H3. The van der Waals surface area contributed by atoms with Crippen molar-refractivity contribution >= 4 is 28.4 Å². The molecule has 0 bridgehead atoms. The van der Waals surface area contributed by atoms with Crippen LogP contribution in [0.5, 0.6) is 0 Å². The Morgan fingerprint density at radius 1 is 1.00 bits per heavy atom. The molecule has 0 aliphatic carbocycles. The molecule has 0 saturated carbocycles. The number of anilines is 3. The Kier molecular flexibility index (Phi) is 4.32. The van der Waals surface area contributed by atoms with Crippen LogP contribution in [0.15, 0.2) is 48.8 Å². The summed E-state index contributed by atoms with van der Waals surface area (Å²) in [5, 5.41) is 2.44. The van der Waals surface area contributed by atoms with Gasteiger partial charge in [0, 0.05) is 52.0 Å². The molecule has 1 aliphatic heterocycles. The van der Waals surface area contributed by atoms with E-state index in [1.54, 1.807) is 0 Å². The number of pyridine rings is 1. The smallest absolute Gasteiger partial charge is 0.227 e. The normalized spacial score (nSPS) is 16.9. The molecule has 0 spiro atoms. The summed E-state index contributed by atoms with van der Waals surface area (Å²) in [4.78, 5) is 20.4. The van der Waals surface area contributed by atoms with E-state index >= 15 is 0 Å². The van der Waals surface area contributed by atoms with E-state index in [4.69, 9.17) is 0 Å². The predicted octanol–water partition coefficient (Wildman–Crippen LogP) is 2.81. The first-order valence-corrected chi connectivity index (χ1v) is 8.95. The van der Waals surface area contributed by atoms with Crippen molar-refractivity contribution in [2.24, 2.45) is 0 Å². The van der Waals surface area contributed by atoms with E-state index in [0.717, 1.165) is 37.1 Å². The summed E-state index contributed by atoms with van der Waals surface area (Å²) >= 11 is 0. The number of aromatic nitrogens is 3. The lowest BCUT2D eigenvalue weighted by atomic mass is 10.1. The van der Waals surface area contributed by atoms with Crippen LogP contribution in [0.4, 0.5) is 17.6 Å². The van der Waals surface area contributed by atoms with Gasteiger partial charge in [-0.1, -0.05) is 24.3 Å². The fourth-order valence-electron chi connectivity index (χ4n) is 3.53. The van der Waals surface area contributed by atoms with E-state index in [0.29, 0.717) is 6.04 Å². The lowest BCUT2D eigenvalue weighted by Gasteiger charge is -2.26. The first-order chi connectivity index (χ1) is 12.6. The van der Waals surface area contributed by atoms with Crippen LogP contribution >= 0.6 is 0 Å². The van der Waals surface area contributed by atoms with Crippen LogP contribution in [0, 0.1) is 0 Å². The molecule has 2 aromatic heterocycles. The number of rotatable bonds is 4. The largest absolute Gasteiger partial charge is 0.363 e. The summed E-state index contributed by atoms with van der Waals surface area (Å²) in [6.45, 7) is 1.91. The fraction of sp³-hybridized carbons (Fsp3) is 0.350. The van der Waals surface area contributed by atoms with Crippen LogP contribution in [0.1, 0.15) is 6.42 Å². The van der Waals surface area contributed by atoms with Gasteiger partial charge in [0.15, 0.2) is 0 Å². The van der Waals surface area contributed by atoms with Gasteiger partial charge >= 0.3 is 0 Å². The van der Waals surface area contributed by atoms with Gasteiger partial charge in [0.2, 0.25) is 5.95 Å². The third-order valence-corrected chi connectivity index (χ3v) is 5.07. The van der Waals surface area contributed by atoms with Crippen LogP contribution in [0.2, 0.25) is 0 Å². The molecule has 4 rings (SSSR count). The molecule has 134 valence electrons. The highest BCUT2D eigenvalue weighted by Crippen LogP contribution is 2.29. The van der Waals surface area contributed by atoms with Crippen molar-refractivity contribution in [3.8, 4) is 0 Å². The predicted molar refractivity (Wildman–Crippen MR) is 107 cm³/mol. The number of hydrogen-bond donors (Lipinski definition) is 0. The van der Waals surface area contributed by atoms with Gasteiger partial charge < -0.3 is 14.7 Å². The second-order valence-corrected chi connectivity index (χ2v) is 6.96. The molecule has 26 heavy (non-hydrogen) atoms. The van der Waals surface area contributed by atoms with Gasteiger partial charge in [-0.15, -0.1) is 0 Å². The summed E-state index contributed by atoms with van der Waals surface area (Å²) < 4.78 is 0. The second kappa shape index (κ2) is 6.78. The van der Waals surface area contributed by atoms with Crippen molar-refractivity contribution < 1.29 is 0 Å². The van der Waals surface area contributed by atoms with E-state index in [1.807, 2.05) is 37.5 Å². The molecule has 1 fully saturated rings. The van der Waals surface area contributed by atoms with E-state index in [-0.39, 0.29) is 0 Å². The Bertz CT molecular complexity index is 904. The number of fused-ring (bicyclic) bond motifs is 1. The number of likely N-dealkylation sites (N-methyl/N-ethyl adjacent to an activating group) is 1. The molecule has 1 aliphatic rings. The highest BCUT2D eigenvalue weighted by molar-refractivity contribution is 5.92. The molecular formula is C20H24N6. The van der Waals surface area contributed by atoms with Crippen molar-refractivity contribution in [3.05, 3.63) is 48.8 Å². The summed E-state index contributed by atoms with van der Waals surface area (Å²) in [7, 11) is 6.07. The highest BCUT2D eigenvalue weighted by Gasteiger charge is 2.28. The minimum atomic E-state index is 0.369. The van der Waals surface area contributed by atoms with Crippen LogP contribution < -0.4 is 14.7 Å². The lowest BCUT2D eigenvalue weighted by Crippen LogP contribution is -2.36. The monoisotopic (exact) mass is 348 g/mol.